The third kappa shape index (κ3) is 5.36. The predicted octanol–water partition coefficient (Wildman–Crippen LogP) is -0.0881. The SMILES string of the molecule is O=C(COC(=O)COc1ccccc1)NC1CCS(=O)(=O)C1. The van der Waals surface area contributed by atoms with Gasteiger partial charge in [-0.1, -0.05) is 18.2 Å². The minimum absolute atomic E-state index is 0.0657. The van der Waals surface area contributed by atoms with E-state index in [2.05, 4.69) is 5.32 Å². The zero-order valence-electron chi connectivity index (χ0n) is 11.9. The highest BCUT2D eigenvalue weighted by Gasteiger charge is 2.28. The fraction of sp³-hybridized carbons (Fsp3) is 0.429. The number of ether oxygens (including phenoxy) is 2. The van der Waals surface area contributed by atoms with Crippen LogP contribution in [0.15, 0.2) is 30.3 Å². The van der Waals surface area contributed by atoms with Crippen LogP contribution in [0.1, 0.15) is 6.42 Å². The number of rotatable bonds is 6. The molecule has 1 amide bonds. The molecular weight excluding hydrogens is 310 g/mol. The largest absolute Gasteiger partial charge is 0.482 e. The Balaban J connectivity index is 1.65. The lowest BCUT2D eigenvalue weighted by atomic mass is 10.2. The van der Waals surface area contributed by atoms with Crippen LogP contribution in [0.25, 0.3) is 0 Å². The van der Waals surface area contributed by atoms with Crippen molar-refractivity contribution in [3.8, 4) is 5.75 Å². The van der Waals surface area contributed by atoms with E-state index in [1.54, 1.807) is 24.3 Å². The molecule has 1 saturated heterocycles. The van der Waals surface area contributed by atoms with E-state index in [1.807, 2.05) is 6.07 Å². The molecule has 22 heavy (non-hydrogen) atoms. The third-order valence-electron chi connectivity index (χ3n) is 3.06. The number of carbonyl (C=O) groups is 2. The maximum absolute atomic E-state index is 11.6. The van der Waals surface area contributed by atoms with Gasteiger partial charge in [0, 0.05) is 6.04 Å². The Kier molecular flexibility index (Phi) is 5.37. The quantitative estimate of drug-likeness (QED) is 0.733. The highest BCUT2D eigenvalue weighted by atomic mass is 32.2. The second-order valence-corrected chi connectivity index (χ2v) is 7.16. The van der Waals surface area contributed by atoms with Crippen LogP contribution in [0.3, 0.4) is 0 Å². The molecule has 0 bridgehead atoms. The van der Waals surface area contributed by atoms with Crippen molar-refractivity contribution in [3.05, 3.63) is 30.3 Å². The molecule has 0 radical (unpaired) electrons. The molecule has 1 N–H and O–H groups in total. The van der Waals surface area contributed by atoms with Gasteiger partial charge in [-0.3, -0.25) is 4.79 Å². The normalized spacial score (nSPS) is 19.4. The molecule has 7 nitrogen and oxygen atoms in total. The van der Waals surface area contributed by atoms with Gasteiger partial charge in [0.05, 0.1) is 11.5 Å². The van der Waals surface area contributed by atoms with Gasteiger partial charge in [0.2, 0.25) is 0 Å². The van der Waals surface area contributed by atoms with Crippen molar-refractivity contribution < 1.29 is 27.5 Å². The third-order valence-corrected chi connectivity index (χ3v) is 4.83. The molecule has 0 saturated carbocycles. The van der Waals surface area contributed by atoms with E-state index < -0.39 is 34.4 Å². The second kappa shape index (κ2) is 7.26. The fourth-order valence-corrected chi connectivity index (χ4v) is 3.70. The van der Waals surface area contributed by atoms with E-state index in [-0.39, 0.29) is 18.1 Å². The van der Waals surface area contributed by atoms with Gasteiger partial charge in [-0.25, -0.2) is 13.2 Å². The van der Waals surface area contributed by atoms with Crippen LogP contribution in [0.4, 0.5) is 0 Å². The molecule has 1 fully saturated rings. The van der Waals surface area contributed by atoms with E-state index in [9.17, 15) is 18.0 Å². The minimum Gasteiger partial charge on any atom is -0.482 e. The molecule has 1 aromatic carbocycles. The van der Waals surface area contributed by atoms with Gasteiger partial charge >= 0.3 is 5.97 Å². The number of esters is 1. The molecule has 8 heteroatoms. The Morgan fingerprint density at radius 3 is 2.55 bits per heavy atom. The molecule has 1 aliphatic heterocycles. The zero-order valence-corrected chi connectivity index (χ0v) is 12.7. The number of para-hydroxylation sites is 1. The Labute approximate surface area is 128 Å². The Hall–Kier alpha value is -2.09. The summed E-state index contributed by atoms with van der Waals surface area (Å²) in [6.07, 6.45) is 0.388. The lowest BCUT2D eigenvalue weighted by molar-refractivity contribution is -0.150. The van der Waals surface area contributed by atoms with E-state index in [0.717, 1.165) is 0 Å². The first kappa shape index (κ1) is 16.3. The van der Waals surface area contributed by atoms with Gasteiger partial charge < -0.3 is 14.8 Å². The summed E-state index contributed by atoms with van der Waals surface area (Å²) in [7, 11) is -3.05. The highest BCUT2D eigenvalue weighted by molar-refractivity contribution is 7.91. The van der Waals surface area contributed by atoms with Gasteiger partial charge in [-0.15, -0.1) is 0 Å². The van der Waals surface area contributed by atoms with Crippen molar-refractivity contribution in [2.45, 2.75) is 12.5 Å². The smallest absolute Gasteiger partial charge is 0.344 e. The molecule has 0 spiro atoms. The Bertz CT molecular complexity index is 628. The summed E-state index contributed by atoms with van der Waals surface area (Å²) in [4.78, 5) is 23.0. The maximum atomic E-state index is 11.6. The first-order valence-electron chi connectivity index (χ1n) is 6.78. The standard InChI is InChI=1S/C14H17NO6S/c16-13(15-11-6-7-22(18,19)10-11)8-21-14(17)9-20-12-4-2-1-3-5-12/h1-5,11H,6-10H2,(H,15,16). The number of hydrogen-bond acceptors (Lipinski definition) is 6. The van der Waals surface area contributed by atoms with Crippen LogP contribution in [0.2, 0.25) is 0 Å². The second-order valence-electron chi connectivity index (χ2n) is 4.93. The predicted molar refractivity (Wildman–Crippen MR) is 78.1 cm³/mol. The van der Waals surface area contributed by atoms with Crippen molar-refractivity contribution in [3.63, 3.8) is 0 Å². The monoisotopic (exact) mass is 327 g/mol. The topological polar surface area (TPSA) is 98.8 Å². The summed E-state index contributed by atoms with van der Waals surface area (Å²) in [6.45, 7) is -0.747. The molecule has 1 unspecified atom stereocenters. The molecular formula is C14H17NO6S. The number of amides is 1. The van der Waals surface area contributed by atoms with Gasteiger partial charge in [0.1, 0.15) is 5.75 Å². The lowest BCUT2D eigenvalue weighted by Gasteiger charge is -2.11. The Morgan fingerprint density at radius 1 is 1.18 bits per heavy atom. The summed E-state index contributed by atoms with van der Waals surface area (Å²) in [6, 6.07) is 8.34. The summed E-state index contributed by atoms with van der Waals surface area (Å²) in [5, 5.41) is 2.53. The minimum atomic E-state index is -3.05. The van der Waals surface area contributed by atoms with Crippen LogP contribution in [0.5, 0.6) is 5.75 Å². The Morgan fingerprint density at radius 2 is 1.91 bits per heavy atom. The van der Waals surface area contributed by atoms with E-state index >= 15 is 0 Å². The van der Waals surface area contributed by atoms with Crippen LogP contribution in [0, 0.1) is 0 Å². The van der Waals surface area contributed by atoms with Crippen LogP contribution < -0.4 is 10.1 Å². The number of benzene rings is 1. The van der Waals surface area contributed by atoms with E-state index in [1.165, 1.54) is 0 Å². The van der Waals surface area contributed by atoms with Gasteiger partial charge in [-0.05, 0) is 18.6 Å². The average molecular weight is 327 g/mol. The molecule has 1 aromatic rings. The van der Waals surface area contributed by atoms with Crippen molar-refractivity contribution in [1.82, 2.24) is 5.32 Å². The maximum Gasteiger partial charge on any atom is 0.344 e. The van der Waals surface area contributed by atoms with Crippen molar-refractivity contribution in [2.24, 2.45) is 0 Å². The molecule has 0 aromatic heterocycles. The summed E-state index contributed by atoms with van der Waals surface area (Å²) in [5.74, 6) is -0.653. The molecule has 1 atom stereocenters. The van der Waals surface area contributed by atoms with Crippen LogP contribution >= 0.6 is 0 Å². The highest BCUT2D eigenvalue weighted by Crippen LogP contribution is 2.11. The molecule has 2 rings (SSSR count). The average Bonchev–Trinajstić information content (AvgIpc) is 2.83. The van der Waals surface area contributed by atoms with E-state index in [4.69, 9.17) is 9.47 Å². The van der Waals surface area contributed by atoms with Crippen molar-refractivity contribution in [1.29, 1.82) is 0 Å². The zero-order chi connectivity index (χ0) is 16.0. The fourth-order valence-electron chi connectivity index (χ4n) is 2.02. The number of sulfone groups is 1. The van der Waals surface area contributed by atoms with Crippen LogP contribution in [-0.2, 0) is 24.2 Å². The van der Waals surface area contributed by atoms with Crippen molar-refractivity contribution in [2.75, 3.05) is 24.7 Å². The summed E-state index contributed by atoms with van der Waals surface area (Å²) >= 11 is 0. The molecule has 1 heterocycles. The van der Waals surface area contributed by atoms with Crippen molar-refractivity contribution >= 4 is 21.7 Å². The molecule has 0 aliphatic carbocycles. The number of hydrogen-bond donors (Lipinski definition) is 1. The van der Waals surface area contributed by atoms with Crippen LogP contribution in [-0.4, -0.2) is 51.1 Å². The first-order chi connectivity index (χ1) is 10.4. The van der Waals surface area contributed by atoms with Gasteiger partial charge in [0.25, 0.3) is 5.91 Å². The summed E-state index contributed by atoms with van der Waals surface area (Å²) in [5.41, 5.74) is 0. The molecule has 120 valence electrons. The van der Waals surface area contributed by atoms with Gasteiger partial charge in [0.15, 0.2) is 23.1 Å². The van der Waals surface area contributed by atoms with E-state index in [0.29, 0.717) is 12.2 Å². The van der Waals surface area contributed by atoms with Gasteiger partial charge in [-0.2, -0.15) is 0 Å². The first-order valence-corrected chi connectivity index (χ1v) is 8.60. The summed E-state index contributed by atoms with van der Waals surface area (Å²) < 4.78 is 32.4. The molecule has 1 aliphatic rings. The number of carbonyl (C=O) groups excluding carboxylic acids is 2. The number of nitrogens with one attached hydrogen (secondary N) is 1. The lowest BCUT2D eigenvalue weighted by Crippen LogP contribution is -2.38.